The Bertz CT molecular complexity index is 1550. The maximum absolute atomic E-state index is 13.0. The Hall–Kier alpha value is -4.11. The number of aromatic nitrogens is 5. The second-order valence-corrected chi connectivity index (χ2v) is 7.75. The second-order valence-electron chi connectivity index (χ2n) is 7.34. The molecule has 0 saturated heterocycles. The van der Waals surface area contributed by atoms with Gasteiger partial charge in [0.15, 0.2) is 0 Å². The zero-order valence-electron chi connectivity index (χ0n) is 17.5. The number of nitriles is 1. The summed E-state index contributed by atoms with van der Waals surface area (Å²) in [6.07, 6.45) is -2.77. The summed E-state index contributed by atoms with van der Waals surface area (Å²) < 4.78 is 41.9. The molecule has 0 aliphatic heterocycles. The molecule has 0 amide bonds. The molecule has 174 valence electrons. The van der Waals surface area contributed by atoms with Crippen molar-refractivity contribution in [2.45, 2.75) is 19.3 Å². The number of aryl methyl sites for hydroxylation is 1. The first-order valence-electron chi connectivity index (χ1n) is 9.71. The number of alkyl halides is 3. The van der Waals surface area contributed by atoms with Gasteiger partial charge in [-0.2, -0.15) is 28.5 Å². The molecule has 0 aliphatic rings. The number of benzene rings is 2. The quantitative estimate of drug-likeness (QED) is 0.460. The summed E-state index contributed by atoms with van der Waals surface area (Å²) in [7, 11) is 1.74. The van der Waals surface area contributed by atoms with Crippen molar-refractivity contribution in [2.24, 2.45) is 7.05 Å². The van der Waals surface area contributed by atoms with E-state index in [1.165, 1.54) is 12.1 Å². The Morgan fingerprint density at radius 1 is 1.15 bits per heavy atom. The highest BCUT2D eigenvalue weighted by atomic mass is 35.5. The molecule has 2 aromatic carbocycles. The third-order valence-electron chi connectivity index (χ3n) is 4.95. The molecular formula is C21H15ClF3N7O2. The monoisotopic (exact) mass is 489 g/mol. The highest BCUT2D eigenvalue weighted by Gasteiger charge is 2.30. The fourth-order valence-corrected chi connectivity index (χ4v) is 3.55. The smallest absolute Gasteiger partial charge is 0.324 e. The van der Waals surface area contributed by atoms with Crippen LogP contribution in [0, 0.1) is 11.3 Å². The third-order valence-corrected chi connectivity index (χ3v) is 5.27. The van der Waals surface area contributed by atoms with E-state index in [-0.39, 0.29) is 17.5 Å². The molecule has 0 radical (unpaired) electrons. The van der Waals surface area contributed by atoms with Crippen molar-refractivity contribution >= 4 is 34.1 Å². The summed E-state index contributed by atoms with van der Waals surface area (Å²) in [5.41, 5.74) is -1.37. The lowest BCUT2D eigenvalue weighted by Crippen LogP contribution is -2.42. The molecule has 13 heteroatoms. The van der Waals surface area contributed by atoms with E-state index in [4.69, 9.17) is 16.9 Å². The summed E-state index contributed by atoms with van der Waals surface area (Å²) in [6, 6.07) is 9.17. The fraction of sp³-hybridized carbons (Fsp3) is 0.190. The Morgan fingerprint density at radius 3 is 2.50 bits per heavy atom. The number of rotatable bonds is 5. The molecular weight excluding hydrogens is 475 g/mol. The van der Waals surface area contributed by atoms with E-state index in [2.05, 4.69) is 15.4 Å². The predicted molar refractivity (Wildman–Crippen MR) is 118 cm³/mol. The predicted octanol–water partition coefficient (Wildman–Crippen LogP) is 3.28. The highest BCUT2D eigenvalue weighted by molar-refractivity contribution is 6.34. The molecule has 2 aromatic heterocycles. The topological polar surface area (TPSA) is 111 Å². The molecule has 0 saturated carbocycles. The summed E-state index contributed by atoms with van der Waals surface area (Å²) in [6.45, 7) is -0.759. The van der Waals surface area contributed by atoms with Crippen LogP contribution in [0.3, 0.4) is 0 Å². The van der Waals surface area contributed by atoms with E-state index < -0.39 is 29.7 Å². The largest absolute Gasteiger partial charge is 0.416 e. The van der Waals surface area contributed by atoms with Gasteiger partial charge in [0.25, 0.3) is 0 Å². The van der Waals surface area contributed by atoms with E-state index in [0.29, 0.717) is 21.3 Å². The van der Waals surface area contributed by atoms with Gasteiger partial charge in [-0.15, -0.1) is 0 Å². The van der Waals surface area contributed by atoms with Crippen LogP contribution in [-0.2, 0) is 26.3 Å². The van der Waals surface area contributed by atoms with Crippen LogP contribution < -0.4 is 16.7 Å². The molecule has 0 atom stereocenters. The minimum atomic E-state index is -4.51. The van der Waals surface area contributed by atoms with Gasteiger partial charge >= 0.3 is 17.6 Å². The van der Waals surface area contributed by atoms with Crippen LogP contribution in [0.25, 0.3) is 10.9 Å². The van der Waals surface area contributed by atoms with Crippen LogP contribution in [0.1, 0.15) is 11.1 Å². The molecule has 2 heterocycles. The number of hydrogen-bond acceptors (Lipinski definition) is 6. The van der Waals surface area contributed by atoms with Gasteiger partial charge in [0, 0.05) is 18.6 Å². The first-order chi connectivity index (χ1) is 16.1. The van der Waals surface area contributed by atoms with Crippen molar-refractivity contribution in [3.63, 3.8) is 0 Å². The van der Waals surface area contributed by atoms with Crippen LogP contribution in [0.4, 0.5) is 24.8 Å². The van der Waals surface area contributed by atoms with Crippen molar-refractivity contribution in [2.75, 3.05) is 5.32 Å². The standard InChI is InChI=1S/C21H15ClF3N7O2/c1-30-11-13-8-17(15(22)9-16(13)29-30)27-18-28-19(33)31(7-6-26)20(34)32(18)10-12-2-4-14(5-3-12)21(23,24)25/h2-5,8-9,11H,7,10H2,1H3,(H,27,28,33). The van der Waals surface area contributed by atoms with Crippen LogP contribution in [-0.4, -0.2) is 23.9 Å². The first-order valence-corrected chi connectivity index (χ1v) is 10.1. The normalized spacial score (nSPS) is 11.5. The summed E-state index contributed by atoms with van der Waals surface area (Å²) in [5, 5.41) is 17.0. The Balaban J connectivity index is 1.79. The highest BCUT2D eigenvalue weighted by Crippen LogP contribution is 2.30. The molecule has 0 bridgehead atoms. The Morgan fingerprint density at radius 2 is 1.85 bits per heavy atom. The lowest BCUT2D eigenvalue weighted by molar-refractivity contribution is -0.137. The van der Waals surface area contributed by atoms with E-state index in [9.17, 15) is 22.8 Å². The average molecular weight is 490 g/mol. The van der Waals surface area contributed by atoms with Crippen molar-refractivity contribution in [1.82, 2.24) is 23.9 Å². The van der Waals surface area contributed by atoms with Crippen LogP contribution >= 0.6 is 11.6 Å². The van der Waals surface area contributed by atoms with Crippen molar-refractivity contribution < 1.29 is 13.2 Å². The van der Waals surface area contributed by atoms with Gasteiger partial charge in [-0.1, -0.05) is 23.7 Å². The van der Waals surface area contributed by atoms with E-state index in [1.54, 1.807) is 36.1 Å². The van der Waals surface area contributed by atoms with Crippen LogP contribution in [0.2, 0.25) is 5.02 Å². The number of nitrogens with zero attached hydrogens (tertiary/aromatic N) is 6. The van der Waals surface area contributed by atoms with Crippen LogP contribution in [0.15, 0.2) is 52.2 Å². The summed E-state index contributed by atoms with van der Waals surface area (Å²) >= 11 is 6.34. The van der Waals surface area contributed by atoms with Crippen molar-refractivity contribution in [3.05, 3.63) is 79.7 Å². The number of fused-ring (bicyclic) bond motifs is 1. The maximum Gasteiger partial charge on any atom is 0.416 e. The van der Waals surface area contributed by atoms with Gasteiger partial charge in [0.2, 0.25) is 5.95 Å². The number of nitrogens with one attached hydrogen (secondary N) is 1. The number of anilines is 2. The zero-order chi connectivity index (χ0) is 24.6. The van der Waals surface area contributed by atoms with E-state index in [0.717, 1.165) is 22.1 Å². The molecule has 0 spiro atoms. The second kappa shape index (κ2) is 8.68. The van der Waals surface area contributed by atoms with Crippen molar-refractivity contribution in [3.8, 4) is 6.07 Å². The van der Waals surface area contributed by atoms with Gasteiger partial charge in [-0.25, -0.2) is 14.2 Å². The summed E-state index contributed by atoms with van der Waals surface area (Å²) in [4.78, 5) is 29.2. The minimum Gasteiger partial charge on any atom is -0.324 e. The van der Waals surface area contributed by atoms with E-state index in [1.807, 2.05) is 0 Å². The molecule has 34 heavy (non-hydrogen) atoms. The lowest BCUT2D eigenvalue weighted by atomic mass is 10.1. The Kier molecular flexibility index (Phi) is 5.89. The van der Waals surface area contributed by atoms with Crippen LogP contribution in [0.5, 0.6) is 0 Å². The van der Waals surface area contributed by atoms with Gasteiger partial charge in [0.05, 0.1) is 34.4 Å². The summed E-state index contributed by atoms with van der Waals surface area (Å²) in [5.74, 6) is -0.186. The molecule has 4 aromatic rings. The molecule has 0 fully saturated rings. The molecule has 9 nitrogen and oxygen atoms in total. The van der Waals surface area contributed by atoms with Gasteiger partial charge < -0.3 is 5.32 Å². The molecule has 4 rings (SSSR count). The Labute approximate surface area is 194 Å². The minimum absolute atomic E-state index is 0.186. The zero-order valence-corrected chi connectivity index (χ0v) is 18.2. The lowest BCUT2D eigenvalue weighted by Gasteiger charge is -2.16. The molecule has 0 aliphatic carbocycles. The molecule has 0 unspecified atom stereocenters. The average Bonchev–Trinajstić information content (AvgIpc) is 3.12. The fourth-order valence-electron chi connectivity index (χ4n) is 3.34. The molecule has 1 N–H and O–H groups in total. The maximum atomic E-state index is 13.0. The van der Waals surface area contributed by atoms with Gasteiger partial charge in [0.1, 0.15) is 6.54 Å². The SMILES string of the molecule is Cn1cc2cc(Nc3nc(=O)n(CC#N)c(=O)n3Cc3ccc(C(F)(F)F)cc3)c(Cl)cc2n1. The van der Waals surface area contributed by atoms with E-state index >= 15 is 0 Å². The van der Waals surface area contributed by atoms with Crippen molar-refractivity contribution in [1.29, 1.82) is 5.26 Å². The third kappa shape index (κ3) is 4.51. The number of hydrogen-bond donors (Lipinski definition) is 1. The first kappa shape index (κ1) is 23.1. The number of halogens is 4. The van der Waals surface area contributed by atoms with Gasteiger partial charge in [-0.3, -0.25) is 9.25 Å². The van der Waals surface area contributed by atoms with Gasteiger partial charge in [-0.05, 0) is 29.8 Å².